The number of rotatable bonds is 5. The smallest absolute Gasteiger partial charge is 0.505 e. The first-order valence-electron chi connectivity index (χ1n) is 9.54. The fourth-order valence-electron chi connectivity index (χ4n) is 3.01. The SMILES string of the molecule is Cc1cc(N=Nc2c(O)c3ccccc3[nH]c2=O)ccc1N=Nc1ccc(C(=O)O)cc1.[Na+]. The summed E-state index contributed by atoms with van der Waals surface area (Å²) in [7, 11) is 0. The first-order chi connectivity index (χ1) is 15.4. The van der Waals surface area contributed by atoms with E-state index >= 15 is 0 Å². The monoisotopic (exact) mass is 450 g/mol. The van der Waals surface area contributed by atoms with E-state index in [1.54, 1.807) is 54.6 Å². The van der Waals surface area contributed by atoms with Crippen LogP contribution in [0.4, 0.5) is 22.7 Å². The summed E-state index contributed by atoms with van der Waals surface area (Å²) in [4.78, 5) is 25.8. The molecule has 9 nitrogen and oxygen atoms in total. The molecule has 33 heavy (non-hydrogen) atoms. The Morgan fingerprint density at radius 3 is 2.24 bits per heavy atom. The van der Waals surface area contributed by atoms with Crippen LogP contribution in [0.2, 0.25) is 0 Å². The van der Waals surface area contributed by atoms with Gasteiger partial charge in [-0.2, -0.15) is 15.3 Å². The van der Waals surface area contributed by atoms with Gasteiger partial charge < -0.3 is 15.2 Å². The van der Waals surface area contributed by atoms with Gasteiger partial charge in [0, 0.05) is 5.39 Å². The number of aromatic amines is 1. The Morgan fingerprint density at radius 1 is 0.879 bits per heavy atom. The van der Waals surface area contributed by atoms with Gasteiger partial charge in [0.1, 0.15) is 0 Å². The number of carboxylic acids is 1. The number of hydrogen-bond donors (Lipinski definition) is 3. The summed E-state index contributed by atoms with van der Waals surface area (Å²) < 4.78 is 0. The van der Waals surface area contributed by atoms with Gasteiger partial charge in [-0.15, -0.1) is 5.11 Å². The van der Waals surface area contributed by atoms with Crippen LogP contribution in [0, 0.1) is 6.92 Å². The Bertz CT molecular complexity index is 1450. The number of carbonyl (C=O) groups is 1. The van der Waals surface area contributed by atoms with E-state index in [-0.39, 0.29) is 46.6 Å². The van der Waals surface area contributed by atoms with Crippen molar-refractivity contribution in [3.8, 4) is 5.75 Å². The second-order valence-corrected chi connectivity index (χ2v) is 6.92. The van der Waals surface area contributed by atoms with Crippen LogP contribution in [0.3, 0.4) is 0 Å². The average Bonchev–Trinajstić information content (AvgIpc) is 2.78. The van der Waals surface area contributed by atoms with Crippen molar-refractivity contribution in [2.45, 2.75) is 6.92 Å². The van der Waals surface area contributed by atoms with Crippen molar-refractivity contribution >= 4 is 39.6 Å². The number of fused-ring (bicyclic) bond motifs is 1. The van der Waals surface area contributed by atoms with Gasteiger partial charge >= 0.3 is 35.5 Å². The standard InChI is InChI=1S/C23H17N5O4.Na/c1-13-12-16(10-11-18(13)27-25-15-8-6-14(7-9-15)23(31)32)26-28-20-21(29)17-4-2-3-5-19(17)24-22(20)30;/h2-12H,1H3,(H,31,32)(H2,24,29,30);/q;+1. The van der Waals surface area contributed by atoms with E-state index < -0.39 is 11.5 Å². The molecule has 0 saturated heterocycles. The van der Waals surface area contributed by atoms with E-state index in [4.69, 9.17) is 5.11 Å². The number of hydrogen-bond acceptors (Lipinski definition) is 7. The molecule has 4 aromatic rings. The molecule has 0 radical (unpaired) electrons. The van der Waals surface area contributed by atoms with Crippen LogP contribution in [-0.2, 0) is 0 Å². The summed E-state index contributed by atoms with van der Waals surface area (Å²) in [5, 5.41) is 36.1. The number of azo groups is 2. The predicted molar refractivity (Wildman–Crippen MR) is 119 cm³/mol. The molecular weight excluding hydrogens is 433 g/mol. The number of pyridine rings is 1. The maximum absolute atomic E-state index is 12.2. The molecule has 3 N–H and O–H groups in total. The van der Waals surface area contributed by atoms with Gasteiger partial charge in [-0.1, -0.05) is 12.1 Å². The second kappa shape index (κ2) is 10.3. The molecule has 158 valence electrons. The molecule has 1 aromatic heterocycles. The molecule has 0 aliphatic carbocycles. The Balaban J connectivity index is 0.00000306. The molecule has 0 fully saturated rings. The molecule has 3 aromatic carbocycles. The number of aromatic hydroxyl groups is 1. The molecule has 1 heterocycles. The number of H-pyrrole nitrogens is 1. The van der Waals surface area contributed by atoms with Crippen LogP contribution in [0.5, 0.6) is 5.75 Å². The molecule has 0 saturated carbocycles. The van der Waals surface area contributed by atoms with Gasteiger partial charge in [0.25, 0.3) is 5.56 Å². The van der Waals surface area contributed by atoms with Gasteiger partial charge in [0.2, 0.25) is 0 Å². The normalized spacial score (nSPS) is 11.2. The van der Waals surface area contributed by atoms with E-state index in [1.807, 2.05) is 6.92 Å². The number of nitrogens with zero attached hydrogens (tertiary/aromatic N) is 4. The van der Waals surface area contributed by atoms with E-state index in [0.717, 1.165) is 5.56 Å². The van der Waals surface area contributed by atoms with Crippen molar-refractivity contribution in [3.63, 3.8) is 0 Å². The molecule has 10 heteroatoms. The maximum atomic E-state index is 12.2. The number of benzene rings is 3. The third-order valence-corrected chi connectivity index (χ3v) is 4.70. The van der Waals surface area contributed by atoms with Gasteiger partial charge in [-0.05, 0) is 67.1 Å². The van der Waals surface area contributed by atoms with Gasteiger partial charge in [0.15, 0.2) is 11.4 Å². The topological polar surface area (TPSA) is 140 Å². The van der Waals surface area contributed by atoms with E-state index in [1.165, 1.54) is 12.1 Å². The molecule has 0 bridgehead atoms. The van der Waals surface area contributed by atoms with Crippen molar-refractivity contribution in [3.05, 3.63) is 88.2 Å². The Kier molecular flexibility index (Phi) is 7.49. The summed E-state index contributed by atoms with van der Waals surface area (Å²) in [6.45, 7) is 1.82. The minimum Gasteiger partial charge on any atom is -0.505 e. The van der Waals surface area contributed by atoms with Crippen molar-refractivity contribution in [2.75, 3.05) is 0 Å². The molecule has 0 amide bonds. The molecule has 4 rings (SSSR count). The zero-order valence-corrected chi connectivity index (χ0v) is 19.9. The Labute approximate surface area is 209 Å². The molecular formula is C23H17N5NaO4+. The molecule has 0 aliphatic heterocycles. The van der Waals surface area contributed by atoms with Crippen molar-refractivity contribution in [1.29, 1.82) is 0 Å². The minimum absolute atomic E-state index is 0. The first kappa shape index (κ1) is 24.0. The van der Waals surface area contributed by atoms with Crippen molar-refractivity contribution in [2.24, 2.45) is 20.5 Å². The Hall–Kier alpha value is -3.66. The van der Waals surface area contributed by atoms with Crippen LogP contribution in [0.25, 0.3) is 10.9 Å². The summed E-state index contributed by atoms with van der Waals surface area (Å²) in [5.74, 6) is -1.24. The largest absolute Gasteiger partial charge is 1.00 e. The third-order valence-electron chi connectivity index (χ3n) is 4.70. The molecule has 0 spiro atoms. The summed E-state index contributed by atoms with van der Waals surface area (Å²) in [6, 6.07) is 18.0. The maximum Gasteiger partial charge on any atom is 1.00 e. The fourth-order valence-corrected chi connectivity index (χ4v) is 3.01. The Morgan fingerprint density at radius 2 is 1.55 bits per heavy atom. The number of para-hydroxylation sites is 1. The van der Waals surface area contributed by atoms with Crippen LogP contribution in [-0.4, -0.2) is 21.2 Å². The number of aromatic nitrogens is 1. The number of aromatic carboxylic acids is 1. The van der Waals surface area contributed by atoms with Crippen LogP contribution in [0.15, 0.2) is 92.0 Å². The zero-order valence-electron chi connectivity index (χ0n) is 17.9. The van der Waals surface area contributed by atoms with Gasteiger partial charge in [0.05, 0.1) is 28.1 Å². The summed E-state index contributed by atoms with van der Waals surface area (Å²) >= 11 is 0. The van der Waals surface area contributed by atoms with Crippen LogP contribution >= 0.6 is 0 Å². The van der Waals surface area contributed by atoms with Crippen LogP contribution in [0.1, 0.15) is 15.9 Å². The second-order valence-electron chi connectivity index (χ2n) is 6.92. The molecule has 0 unspecified atom stereocenters. The quantitative estimate of drug-likeness (QED) is 0.317. The average molecular weight is 450 g/mol. The summed E-state index contributed by atoms with van der Waals surface area (Å²) in [5.41, 5.74) is 2.32. The van der Waals surface area contributed by atoms with E-state index in [2.05, 4.69) is 25.4 Å². The number of carboxylic acid groups (broad SMARTS) is 1. The minimum atomic E-state index is -1.01. The predicted octanol–water partition coefficient (Wildman–Crippen LogP) is 3.08. The number of nitrogens with one attached hydrogen (secondary N) is 1. The van der Waals surface area contributed by atoms with Crippen LogP contribution < -0.4 is 35.1 Å². The zero-order chi connectivity index (χ0) is 22.7. The fraction of sp³-hybridized carbons (Fsp3) is 0.0435. The molecule has 0 aliphatic rings. The van der Waals surface area contributed by atoms with Crippen molar-refractivity contribution < 1.29 is 44.6 Å². The van der Waals surface area contributed by atoms with Crippen molar-refractivity contribution in [1.82, 2.24) is 4.98 Å². The summed E-state index contributed by atoms with van der Waals surface area (Å²) in [6.07, 6.45) is 0. The van der Waals surface area contributed by atoms with Gasteiger partial charge in [-0.25, -0.2) is 4.79 Å². The van der Waals surface area contributed by atoms with Gasteiger partial charge in [-0.3, -0.25) is 4.79 Å². The first-order valence-corrected chi connectivity index (χ1v) is 9.54. The van der Waals surface area contributed by atoms with E-state index in [0.29, 0.717) is 28.0 Å². The molecule has 0 atom stereocenters. The third kappa shape index (κ3) is 5.40. The number of aryl methyl sites for hydroxylation is 1. The van der Waals surface area contributed by atoms with E-state index in [9.17, 15) is 14.7 Å².